The van der Waals surface area contributed by atoms with Gasteiger partial charge in [0.05, 0.1) is 13.7 Å². The number of carbonyl (C=O) groups excluding carboxylic acids is 2. The fourth-order valence-electron chi connectivity index (χ4n) is 4.78. The van der Waals surface area contributed by atoms with Crippen LogP contribution in [0.4, 0.5) is 0 Å². The van der Waals surface area contributed by atoms with Crippen molar-refractivity contribution in [2.24, 2.45) is 5.41 Å². The van der Waals surface area contributed by atoms with E-state index in [9.17, 15) is 9.59 Å². The molecule has 0 saturated carbocycles. The Kier molecular flexibility index (Phi) is 8.19. The number of rotatable bonds is 7. The molecule has 0 N–H and O–H groups in total. The number of hydrogen-bond donors (Lipinski definition) is 0. The third-order valence-electron chi connectivity index (χ3n) is 7.15. The maximum Gasteiger partial charge on any atom is 0.253 e. The van der Waals surface area contributed by atoms with Crippen molar-refractivity contribution in [3.05, 3.63) is 59.1 Å². The molecule has 0 spiro atoms. The first-order valence-corrected chi connectivity index (χ1v) is 12.5. The van der Waals surface area contributed by atoms with Gasteiger partial charge in [0, 0.05) is 61.7 Å². The number of amides is 2. The van der Waals surface area contributed by atoms with Gasteiger partial charge in [0.25, 0.3) is 5.91 Å². The predicted octanol–water partition coefficient (Wildman–Crippen LogP) is 3.81. The second kappa shape index (κ2) is 11.3. The van der Waals surface area contributed by atoms with Crippen LogP contribution in [0, 0.1) is 5.41 Å². The van der Waals surface area contributed by atoms with Gasteiger partial charge in [-0.1, -0.05) is 23.7 Å². The standard InChI is InChI=1S/C27H34ClN3O4/c1-29-13-15-30(16-14-29)25(32)19-27(20-35-24-8-4-6-22(28)18-24)9-11-31(12-10-27)26(33)21-5-3-7-23(17-21)34-2/h3-8,17-18H,9-16,19-20H2,1-2H3. The number of likely N-dealkylation sites (tertiary alicyclic amines) is 1. The summed E-state index contributed by atoms with van der Waals surface area (Å²) in [5.41, 5.74) is 0.272. The van der Waals surface area contributed by atoms with Crippen LogP contribution in [-0.2, 0) is 4.79 Å². The molecule has 35 heavy (non-hydrogen) atoms. The van der Waals surface area contributed by atoms with E-state index in [4.69, 9.17) is 21.1 Å². The van der Waals surface area contributed by atoms with Gasteiger partial charge in [0.15, 0.2) is 0 Å². The van der Waals surface area contributed by atoms with Gasteiger partial charge in [-0.3, -0.25) is 9.59 Å². The molecule has 188 valence electrons. The molecule has 4 rings (SSSR count). The first-order chi connectivity index (χ1) is 16.9. The maximum atomic E-state index is 13.3. The summed E-state index contributed by atoms with van der Waals surface area (Å²) in [5.74, 6) is 1.51. The van der Waals surface area contributed by atoms with E-state index in [-0.39, 0.29) is 17.2 Å². The van der Waals surface area contributed by atoms with Crippen LogP contribution in [0.25, 0.3) is 0 Å². The van der Waals surface area contributed by atoms with Crippen molar-refractivity contribution in [3.8, 4) is 11.5 Å². The minimum absolute atomic E-state index is 0.0151. The largest absolute Gasteiger partial charge is 0.497 e. The molecule has 0 unspecified atom stereocenters. The van der Waals surface area contributed by atoms with E-state index in [0.29, 0.717) is 61.0 Å². The van der Waals surface area contributed by atoms with E-state index in [0.717, 1.165) is 26.2 Å². The molecule has 7 nitrogen and oxygen atoms in total. The van der Waals surface area contributed by atoms with Gasteiger partial charge in [-0.25, -0.2) is 0 Å². The Morgan fingerprint density at radius 2 is 1.60 bits per heavy atom. The highest BCUT2D eigenvalue weighted by molar-refractivity contribution is 6.30. The molecule has 2 aromatic rings. The van der Waals surface area contributed by atoms with E-state index in [1.165, 1.54) is 0 Å². The summed E-state index contributed by atoms with van der Waals surface area (Å²) in [5, 5.41) is 0.615. The Morgan fingerprint density at radius 1 is 0.914 bits per heavy atom. The number of carbonyl (C=O) groups is 2. The monoisotopic (exact) mass is 499 g/mol. The molecule has 2 heterocycles. The maximum absolute atomic E-state index is 13.3. The molecule has 0 aromatic heterocycles. The van der Waals surface area contributed by atoms with Crippen LogP contribution in [0.5, 0.6) is 11.5 Å². The Bertz CT molecular complexity index is 1030. The van der Waals surface area contributed by atoms with E-state index in [1.807, 2.05) is 46.2 Å². The van der Waals surface area contributed by atoms with Crippen LogP contribution < -0.4 is 9.47 Å². The molecule has 0 atom stereocenters. The van der Waals surface area contributed by atoms with Gasteiger partial charge in [0.1, 0.15) is 11.5 Å². The van der Waals surface area contributed by atoms with Crippen molar-refractivity contribution in [1.82, 2.24) is 14.7 Å². The van der Waals surface area contributed by atoms with Crippen LogP contribution in [0.1, 0.15) is 29.6 Å². The normalized spacial score (nSPS) is 18.3. The van der Waals surface area contributed by atoms with Crippen molar-refractivity contribution >= 4 is 23.4 Å². The van der Waals surface area contributed by atoms with Crippen molar-refractivity contribution in [1.29, 1.82) is 0 Å². The third-order valence-corrected chi connectivity index (χ3v) is 7.39. The van der Waals surface area contributed by atoms with Gasteiger partial charge in [0.2, 0.25) is 5.91 Å². The van der Waals surface area contributed by atoms with Crippen LogP contribution in [0.2, 0.25) is 5.02 Å². The summed E-state index contributed by atoms with van der Waals surface area (Å²) in [7, 11) is 3.67. The van der Waals surface area contributed by atoms with Crippen LogP contribution >= 0.6 is 11.6 Å². The van der Waals surface area contributed by atoms with Gasteiger partial charge >= 0.3 is 0 Å². The zero-order chi connectivity index (χ0) is 24.8. The zero-order valence-corrected chi connectivity index (χ0v) is 21.3. The lowest BCUT2D eigenvalue weighted by atomic mass is 9.75. The summed E-state index contributed by atoms with van der Waals surface area (Å²) < 4.78 is 11.4. The fourth-order valence-corrected chi connectivity index (χ4v) is 4.96. The lowest BCUT2D eigenvalue weighted by molar-refractivity contribution is -0.136. The Hall–Kier alpha value is -2.77. The molecule has 0 radical (unpaired) electrons. The molecule has 2 aromatic carbocycles. The molecule has 2 amide bonds. The van der Waals surface area contributed by atoms with Crippen LogP contribution in [0.15, 0.2) is 48.5 Å². The lowest BCUT2D eigenvalue weighted by Gasteiger charge is -2.42. The summed E-state index contributed by atoms with van der Waals surface area (Å²) in [4.78, 5) is 32.5. The smallest absolute Gasteiger partial charge is 0.253 e. The number of piperazine rings is 1. The summed E-state index contributed by atoms with van der Waals surface area (Å²) >= 11 is 6.13. The second-order valence-electron chi connectivity index (χ2n) is 9.63. The Balaban J connectivity index is 1.45. The number of nitrogens with zero attached hydrogens (tertiary/aromatic N) is 3. The highest BCUT2D eigenvalue weighted by atomic mass is 35.5. The SMILES string of the molecule is COc1cccc(C(=O)N2CCC(COc3cccc(Cl)c3)(CC(=O)N3CCN(C)CC3)CC2)c1. The van der Waals surface area contributed by atoms with Crippen molar-refractivity contribution < 1.29 is 19.1 Å². The molecule has 2 saturated heterocycles. The number of hydrogen-bond acceptors (Lipinski definition) is 5. The van der Waals surface area contributed by atoms with Crippen molar-refractivity contribution in [3.63, 3.8) is 0 Å². The van der Waals surface area contributed by atoms with Crippen LogP contribution in [0.3, 0.4) is 0 Å². The molecular weight excluding hydrogens is 466 g/mol. The molecule has 2 aliphatic rings. The predicted molar refractivity (Wildman–Crippen MR) is 136 cm³/mol. The van der Waals surface area contributed by atoms with Gasteiger partial charge in [-0.2, -0.15) is 0 Å². The Labute approximate surface area is 212 Å². The van der Waals surface area contributed by atoms with Crippen molar-refractivity contribution in [2.45, 2.75) is 19.3 Å². The van der Waals surface area contributed by atoms with Gasteiger partial charge in [-0.15, -0.1) is 0 Å². The summed E-state index contributed by atoms with van der Waals surface area (Å²) in [6, 6.07) is 14.6. The summed E-state index contributed by atoms with van der Waals surface area (Å²) in [6.45, 7) is 4.84. The van der Waals surface area contributed by atoms with E-state index in [2.05, 4.69) is 11.9 Å². The number of piperidine rings is 1. The quantitative estimate of drug-likeness (QED) is 0.579. The fraction of sp³-hybridized carbons (Fsp3) is 0.481. The first-order valence-electron chi connectivity index (χ1n) is 12.2. The van der Waals surface area contributed by atoms with Gasteiger partial charge < -0.3 is 24.2 Å². The first kappa shape index (κ1) is 25.3. The topological polar surface area (TPSA) is 62.3 Å². The molecule has 8 heteroatoms. The number of methoxy groups -OCH3 is 1. The molecule has 2 fully saturated rings. The minimum Gasteiger partial charge on any atom is -0.497 e. The molecule has 0 bridgehead atoms. The third kappa shape index (κ3) is 6.47. The zero-order valence-electron chi connectivity index (χ0n) is 20.5. The van der Waals surface area contributed by atoms with E-state index < -0.39 is 0 Å². The average molecular weight is 500 g/mol. The van der Waals surface area contributed by atoms with Gasteiger partial charge in [-0.05, 0) is 56.3 Å². The summed E-state index contributed by atoms with van der Waals surface area (Å²) in [6.07, 6.45) is 1.81. The number of likely N-dealkylation sites (N-methyl/N-ethyl adjacent to an activating group) is 1. The molecular formula is C27H34ClN3O4. The highest BCUT2D eigenvalue weighted by Gasteiger charge is 2.40. The highest BCUT2D eigenvalue weighted by Crippen LogP contribution is 2.37. The number of benzene rings is 2. The Morgan fingerprint density at radius 3 is 2.29 bits per heavy atom. The van der Waals surface area contributed by atoms with Crippen LogP contribution in [-0.4, -0.2) is 86.5 Å². The number of ether oxygens (including phenoxy) is 2. The molecule has 0 aliphatic carbocycles. The number of halogens is 1. The lowest BCUT2D eigenvalue weighted by Crippen LogP contribution is -2.51. The average Bonchev–Trinajstić information content (AvgIpc) is 2.88. The minimum atomic E-state index is -0.339. The van der Waals surface area contributed by atoms with E-state index in [1.54, 1.807) is 19.2 Å². The molecule has 2 aliphatic heterocycles. The second-order valence-corrected chi connectivity index (χ2v) is 10.1. The van der Waals surface area contributed by atoms with Crippen molar-refractivity contribution in [2.75, 3.05) is 60.0 Å². The van der Waals surface area contributed by atoms with E-state index >= 15 is 0 Å².